The molecule has 0 aromatic heterocycles. The van der Waals surface area contributed by atoms with E-state index in [1.54, 1.807) is 0 Å². The molecule has 1 N–H and O–H groups in total. The molecule has 2 atom stereocenters. The van der Waals surface area contributed by atoms with Gasteiger partial charge in [0, 0.05) is 43.9 Å². The Balaban J connectivity index is 1.58. The molecule has 0 radical (unpaired) electrons. The quantitative estimate of drug-likeness (QED) is 0.645. The van der Waals surface area contributed by atoms with Crippen molar-refractivity contribution in [2.75, 3.05) is 24.6 Å². The highest BCUT2D eigenvalue weighted by atomic mass is 16.6. The molecule has 2 saturated heterocycles. The lowest BCUT2D eigenvalue weighted by molar-refractivity contribution is -0.384. The maximum absolute atomic E-state index is 12.2. The molecule has 0 unspecified atom stereocenters. The summed E-state index contributed by atoms with van der Waals surface area (Å²) >= 11 is 0. The standard InChI is InChI=1S/C16H19N3O5/c20-15-8-11(16(21)17-9-14-2-1-7-24-14)10-18(15)12-3-5-13(6-4-12)19(22)23/h3-6,11,14H,1-2,7-10H2,(H,17,21)/t11-,14+/m1/s1. The van der Waals surface area contributed by atoms with E-state index in [0.717, 1.165) is 19.4 Å². The summed E-state index contributed by atoms with van der Waals surface area (Å²) in [5, 5.41) is 13.5. The summed E-state index contributed by atoms with van der Waals surface area (Å²) in [4.78, 5) is 36.1. The molecule has 0 bridgehead atoms. The number of carbonyl (C=O) groups is 2. The van der Waals surface area contributed by atoms with Crippen molar-refractivity contribution >= 4 is 23.2 Å². The van der Waals surface area contributed by atoms with Gasteiger partial charge in [-0.2, -0.15) is 0 Å². The molecule has 2 amide bonds. The lowest BCUT2D eigenvalue weighted by Gasteiger charge is -2.17. The van der Waals surface area contributed by atoms with Gasteiger partial charge in [0.15, 0.2) is 0 Å². The molecule has 2 heterocycles. The van der Waals surface area contributed by atoms with Crippen LogP contribution in [0.5, 0.6) is 0 Å². The van der Waals surface area contributed by atoms with Crippen molar-refractivity contribution in [2.24, 2.45) is 5.92 Å². The molecule has 8 nitrogen and oxygen atoms in total. The Labute approximate surface area is 138 Å². The molecule has 0 saturated carbocycles. The lowest BCUT2D eigenvalue weighted by atomic mass is 10.1. The first kappa shape index (κ1) is 16.4. The fourth-order valence-corrected chi connectivity index (χ4v) is 3.05. The molecule has 1 aromatic carbocycles. The van der Waals surface area contributed by atoms with Gasteiger partial charge < -0.3 is 15.0 Å². The topological polar surface area (TPSA) is 102 Å². The first-order valence-electron chi connectivity index (χ1n) is 7.98. The number of non-ortho nitro benzene ring substituents is 1. The van der Waals surface area contributed by atoms with Crippen LogP contribution in [0.4, 0.5) is 11.4 Å². The number of benzene rings is 1. The van der Waals surface area contributed by atoms with Crippen molar-refractivity contribution in [2.45, 2.75) is 25.4 Å². The summed E-state index contributed by atoms with van der Waals surface area (Å²) in [6, 6.07) is 5.77. The first-order valence-corrected chi connectivity index (χ1v) is 7.98. The number of ether oxygens (including phenoxy) is 1. The van der Waals surface area contributed by atoms with Crippen molar-refractivity contribution in [3.05, 3.63) is 34.4 Å². The normalized spacial score (nSPS) is 23.5. The fourth-order valence-electron chi connectivity index (χ4n) is 3.05. The van der Waals surface area contributed by atoms with Gasteiger partial charge in [0.25, 0.3) is 5.69 Å². The van der Waals surface area contributed by atoms with Gasteiger partial charge in [0.2, 0.25) is 11.8 Å². The molecule has 2 aliphatic heterocycles. The molecule has 0 aliphatic carbocycles. The Morgan fingerprint density at radius 3 is 2.75 bits per heavy atom. The molecule has 3 rings (SSSR count). The van der Waals surface area contributed by atoms with Crippen molar-refractivity contribution in [1.29, 1.82) is 0 Å². The van der Waals surface area contributed by atoms with Gasteiger partial charge in [0.05, 0.1) is 16.9 Å². The average molecular weight is 333 g/mol. The monoisotopic (exact) mass is 333 g/mol. The van der Waals surface area contributed by atoms with Crippen LogP contribution in [-0.4, -0.2) is 42.5 Å². The van der Waals surface area contributed by atoms with Gasteiger partial charge in [-0.1, -0.05) is 0 Å². The van der Waals surface area contributed by atoms with Gasteiger partial charge in [-0.05, 0) is 25.0 Å². The van der Waals surface area contributed by atoms with Gasteiger partial charge in [-0.25, -0.2) is 0 Å². The van der Waals surface area contributed by atoms with Crippen molar-refractivity contribution in [3.8, 4) is 0 Å². The number of rotatable bonds is 5. The zero-order valence-electron chi connectivity index (χ0n) is 13.1. The maximum Gasteiger partial charge on any atom is 0.269 e. The predicted octanol–water partition coefficient (Wildman–Crippen LogP) is 1.24. The van der Waals surface area contributed by atoms with E-state index < -0.39 is 10.8 Å². The van der Waals surface area contributed by atoms with Crippen LogP contribution in [0.15, 0.2) is 24.3 Å². The number of nitro groups is 1. The number of amides is 2. The predicted molar refractivity (Wildman–Crippen MR) is 85.5 cm³/mol. The Morgan fingerprint density at radius 2 is 2.12 bits per heavy atom. The molecule has 8 heteroatoms. The summed E-state index contributed by atoms with van der Waals surface area (Å²) in [5.74, 6) is -0.710. The first-order chi connectivity index (χ1) is 11.5. The maximum atomic E-state index is 12.2. The smallest absolute Gasteiger partial charge is 0.269 e. The number of nitrogens with zero attached hydrogens (tertiary/aromatic N) is 2. The minimum atomic E-state index is -0.489. The highest BCUT2D eigenvalue weighted by Crippen LogP contribution is 2.27. The summed E-state index contributed by atoms with van der Waals surface area (Å²) in [7, 11) is 0. The summed E-state index contributed by atoms with van der Waals surface area (Å²) in [5.41, 5.74) is 0.538. The number of hydrogen-bond donors (Lipinski definition) is 1. The molecule has 2 aliphatic rings. The van der Waals surface area contributed by atoms with E-state index in [1.807, 2.05) is 0 Å². The number of carbonyl (C=O) groups excluding carboxylic acids is 2. The van der Waals surface area contributed by atoms with E-state index in [1.165, 1.54) is 29.2 Å². The van der Waals surface area contributed by atoms with E-state index in [0.29, 0.717) is 12.2 Å². The van der Waals surface area contributed by atoms with E-state index in [9.17, 15) is 19.7 Å². The van der Waals surface area contributed by atoms with Crippen LogP contribution in [0, 0.1) is 16.0 Å². The Kier molecular flexibility index (Phi) is 4.75. The third-order valence-corrected chi connectivity index (χ3v) is 4.40. The molecule has 1 aromatic rings. The molecular formula is C16H19N3O5. The SMILES string of the molecule is O=C(NC[C@@H]1CCCO1)[C@@H]1CC(=O)N(c2ccc([N+](=O)[O-])cc2)C1. The highest BCUT2D eigenvalue weighted by molar-refractivity contribution is 6.00. The van der Waals surface area contributed by atoms with Crippen LogP contribution in [-0.2, 0) is 14.3 Å². The second kappa shape index (κ2) is 6.96. The Bertz CT molecular complexity index is 640. The third-order valence-electron chi connectivity index (χ3n) is 4.40. The van der Waals surface area contributed by atoms with E-state index in [4.69, 9.17) is 4.74 Å². The minimum absolute atomic E-state index is 0.0312. The summed E-state index contributed by atoms with van der Waals surface area (Å²) < 4.78 is 5.46. The number of nitro benzene ring substituents is 1. The van der Waals surface area contributed by atoms with Gasteiger partial charge >= 0.3 is 0 Å². The highest BCUT2D eigenvalue weighted by Gasteiger charge is 2.35. The van der Waals surface area contributed by atoms with E-state index in [-0.39, 0.29) is 36.6 Å². The lowest BCUT2D eigenvalue weighted by Crippen LogP contribution is -2.37. The zero-order valence-corrected chi connectivity index (χ0v) is 13.1. The Hall–Kier alpha value is -2.48. The Morgan fingerprint density at radius 1 is 1.38 bits per heavy atom. The van der Waals surface area contributed by atoms with Crippen LogP contribution in [0.2, 0.25) is 0 Å². The van der Waals surface area contributed by atoms with Crippen molar-refractivity contribution in [3.63, 3.8) is 0 Å². The number of anilines is 1. The van der Waals surface area contributed by atoms with Crippen LogP contribution >= 0.6 is 0 Å². The molecule has 24 heavy (non-hydrogen) atoms. The van der Waals surface area contributed by atoms with Crippen LogP contribution < -0.4 is 10.2 Å². The number of hydrogen-bond acceptors (Lipinski definition) is 5. The second-order valence-corrected chi connectivity index (χ2v) is 6.06. The van der Waals surface area contributed by atoms with E-state index in [2.05, 4.69) is 5.32 Å². The van der Waals surface area contributed by atoms with Gasteiger partial charge in [-0.15, -0.1) is 0 Å². The van der Waals surface area contributed by atoms with Crippen molar-refractivity contribution < 1.29 is 19.2 Å². The van der Waals surface area contributed by atoms with Gasteiger partial charge in [0.1, 0.15) is 0 Å². The molecule has 128 valence electrons. The van der Waals surface area contributed by atoms with E-state index >= 15 is 0 Å². The average Bonchev–Trinajstić information content (AvgIpc) is 3.22. The summed E-state index contributed by atoms with van der Waals surface area (Å²) in [6.07, 6.45) is 2.17. The second-order valence-electron chi connectivity index (χ2n) is 6.06. The summed E-state index contributed by atoms with van der Waals surface area (Å²) in [6.45, 7) is 1.49. The third kappa shape index (κ3) is 3.53. The number of nitrogens with one attached hydrogen (secondary N) is 1. The largest absolute Gasteiger partial charge is 0.376 e. The van der Waals surface area contributed by atoms with Crippen LogP contribution in [0.3, 0.4) is 0 Å². The molecular weight excluding hydrogens is 314 g/mol. The zero-order chi connectivity index (χ0) is 17.1. The van der Waals surface area contributed by atoms with Crippen LogP contribution in [0.25, 0.3) is 0 Å². The van der Waals surface area contributed by atoms with Crippen molar-refractivity contribution in [1.82, 2.24) is 5.32 Å². The fraction of sp³-hybridized carbons (Fsp3) is 0.500. The molecule has 0 spiro atoms. The van der Waals surface area contributed by atoms with Gasteiger partial charge in [-0.3, -0.25) is 19.7 Å². The van der Waals surface area contributed by atoms with Crippen LogP contribution in [0.1, 0.15) is 19.3 Å². The minimum Gasteiger partial charge on any atom is -0.376 e. The molecule has 2 fully saturated rings.